The van der Waals surface area contributed by atoms with E-state index in [0.29, 0.717) is 12.6 Å². The van der Waals surface area contributed by atoms with Crippen molar-refractivity contribution >= 4 is 12.4 Å². The van der Waals surface area contributed by atoms with Crippen LogP contribution in [-0.4, -0.2) is 26.2 Å². The number of rotatable bonds is 7. The van der Waals surface area contributed by atoms with Crippen molar-refractivity contribution in [2.24, 2.45) is 0 Å². The molecular weight excluding hydrogens is 293 g/mol. The molecule has 0 unspecified atom stereocenters. The minimum atomic E-state index is -0.387. The quantitative estimate of drug-likeness (QED) is 0.854. The fourth-order valence-corrected chi connectivity index (χ4v) is 2.20. The topological polar surface area (TPSA) is 47.7 Å². The number of alkyl halides is 1. The van der Waals surface area contributed by atoms with E-state index in [-0.39, 0.29) is 19.1 Å². The summed E-state index contributed by atoms with van der Waals surface area (Å²) >= 11 is 0. The van der Waals surface area contributed by atoms with Gasteiger partial charge in [0.1, 0.15) is 6.67 Å². The monoisotopic (exact) mass is 315 g/mol. The molecule has 5 nitrogen and oxygen atoms in total. The molecular formula is C14H23ClFN5. The summed E-state index contributed by atoms with van der Waals surface area (Å²) in [6.07, 6.45) is 5.55. The van der Waals surface area contributed by atoms with E-state index in [9.17, 15) is 4.39 Å². The fraction of sp³-hybridized carbons (Fsp3) is 0.571. The van der Waals surface area contributed by atoms with Crippen LogP contribution in [0.5, 0.6) is 0 Å². The van der Waals surface area contributed by atoms with Gasteiger partial charge in [-0.3, -0.25) is 9.36 Å². The lowest BCUT2D eigenvalue weighted by Gasteiger charge is -2.09. The van der Waals surface area contributed by atoms with Gasteiger partial charge in [0.05, 0.1) is 18.9 Å². The van der Waals surface area contributed by atoms with Crippen LogP contribution >= 0.6 is 12.4 Å². The third-order valence-electron chi connectivity index (χ3n) is 3.28. The van der Waals surface area contributed by atoms with Gasteiger partial charge in [-0.25, -0.2) is 4.39 Å². The molecule has 0 radical (unpaired) electrons. The molecule has 2 aromatic heterocycles. The second-order valence-electron chi connectivity index (χ2n) is 5.20. The molecule has 0 aromatic carbocycles. The van der Waals surface area contributed by atoms with Gasteiger partial charge in [0.2, 0.25) is 0 Å². The minimum absolute atomic E-state index is 0. The third-order valence-corrected chi connectivity index (χ3v) is 3.28. The van der Waals surface area contributed by atoms with E-state index in [2.05, 4.69) is 36.3 Å². The Morgan fingerprint density at radius 1 is 1.24 bits per heavy atom. The first kappa shape index (κ1) is 17.7. The smallest absolute Gasteiger partial charge is 0.109 e. The van der Waals surface area contributed by atoms with Crippen molar-refractivity contribution in [2.45, 2.75) is 46.4 Å². The lowest BCUT2D eigenvalue weighted by molar-refractivity contribution is 0.427. The number of halogens is 2. The van der Waals surface area contributed by atoms with Crippen molar-refractivity contribution in [1.82, 2.24) is 24.9 Å². The third kappa shape index (κ3) is 4.54. The van der Waals surface area contributed by atoms with Gasteiger partial charge in [0.15, 0.2) is 0 Å². The van der Waals surface area contributed by atoms with E-state index in [0.717, 1.165) is 18.7 Å². The maximum atomic E-state index is 12.2. The van der Waals surface area contributed by atoms with Crippen molar-refractivity contribution in [1.29, 1.82) is 0 Å². The first-order valence-electron chi connectivity index (χ1n) is 6.92. The van der Waals surface area contributed by atoms with Gasteiger partial charge in [0.25, 0.3) is 0 Å². The van der Waals surface area contributed by atoms with Crippen molar-refractivity contribution in [3.05, 3.63) is 35.4 Å². The maximum absolute atomic E-state index is 12.2. The lowest BCUT2D eigenvalue weighted by atomic mass is 10.2. The van der Waals surface area contributed by atoms with Crippen LogP contribution in [0.15, 0.2) is 18.6 Å². The first-order chi connectivity index (χ1) is 9.61. The van der Waals surface area contributed by atoms with Crippen LogP contribution in [0.4, 0.5) is 4.39 Å². The Hall–Kier alpha value is -1.40. The molecule has 21 heavy (non-hydrogen) atoms. The van der Waals surface area contributed by atoms with Gasteiger partial charge >= 0.3 is 0 Å². The van der Waals surface area contributed by atoms with Gasteiger partial charge < -0.3 is 5.32 Å². The van der Waals surface area contributed by atoms with Gasteiger partial charge in [-0.2, -0.15) is 10.2 Å². The standard InChI is InChI=1S/C14H22FN5.ClH/c1-11(2)20-12(3)14(9-18-20)8-16-6-13-7-17-19(10-13)5-4-15;/h7,9-11,16H,4-6,8H2,1-3H3;1H. The molecule has 0 amide bonds. The molecule has 0 atom stereocenters. The Balaban J connectivity index is 0.00000220. The summed E-state index contributed by atoms with van der Waals surface area (Å²) in [5.41, 5.74) is 3.46. The largest absolute Gasteiger partial charge is 0.308 e. The molecule has 0 aliphatic heterocycles. The van der Waals surface area contributed by atoms with E-state index >= 15 is 0 Å². The van der Waals surface area contributed by atoms with E-state index in [1.54, 1.807) is 10.9 Å². The molecule has 0 fully saturated rings. The van der Waals surface area contributed by atoms with Crippen LogP contribution in [0, 0.1) is 6.92 Å². The van der Waals surface area contributed by atoms with E-state index in [4.69, 9.17) is 0 Å². The predicted octanol–water partition coefficient (Wildman–Crippen LogP) is 2.65. The Morgan fingerprint density at radius 3 is 2.62 bits per heavy atom. The van der Waals surface area contributed by atoms with E-state index in [1.807, 2.05) is 17.1 Å². The molecule has 0 aliphatic rings. The summed E-state index contributed by atoms with van der Waals surface area (Å²) in [6.45, 7) is 7.75. The molecule has 0 aliphatic carbocycles. The highest BCUT2D eigenvalue weighted by Gasteiger charge is 2.08. The fourth-order valence-electron chi connectivity index (χ4n) is 2.20. The number of aryl methyl sites for hydroxylation is 1. The summed E-state index contributed by atoms with van der Waals surface area (Å²) in [6, 6.07) is 0.377. The highest BCUT2D eigenvalue weighted by Crippen LogP contribution is 2.12. The summed E-state index contributed by atoms with van der Waals surface area (Å²) in [7, 11) is 0. The van der Waals surface area contributed by atoms with Crippen LogP contribution < -0.4 is 5.32 Å². The van der Waals surface area contributed by atoms with Crippen LogP contribution in [0.25, 0.3) is 0 Å². The Morgan fingerprint density at radius 2 is 2.00 bits per heavy atom. The highest BCUT2D eigenvalue weighted by atomic mass is 35.5. The molecule has 0 saturated heterocycles. The number of hydrogen-bond acceptors (Lipinski definition) is 3. The Bertz CT molecular complexity index is 549. The Labute approximate surface area is 130 Å². The summed E-state index contributed by atoms with van der Waals surface area (Å²) in [5.74, 6) is 0. The molecule has 2 aromatic rings. The molecule has 7 heteroatoms. The number of aromatic nitrogens is 4. The second kappa shape index (κ2) is 8.14. The van der Waals surface area contributed by atoms with Crippen molar-refractivity contribution in [3.8, 4) is 0 Å². The highest BCUT2D eigenvalue weighted by molar-refractivity contribution is 5.85. The number of hydrogen-bond donors (Lipinski definition) is 1. The second-order valence-corrected chi connectivity index (χ2v) is 5.20. The normalized spacial score (nSPS) is 10.9. The van der Waals surface area contributed by atoms with Crippen LogP contribution in [0.3, 0.4) is 0 Å². The zero-order valence-corrected chi connectivity index (χ0v) is 13.5. The zero-order valence-electron chi connectivity index (χ0n) is 12.7. The summed E-state index contributed by atoms with van der Waals surface area (Å²) < 4.78 is 15.8. The van der Waals surface area contributed by atoms with Crippen LogP contribution in [-0.2, 0) is 19.6 Å². The molecule has 2 heterocycles. The summed E-state index contributed by atoms with van der Waals surface area (Å²) in [5, 5.41) is 11.9. The van der Waals surface area contributed by atoms with Gasteiger partial charge in [-0.05, 0) is 20.8 Å². The van der Waals surface area contributed by atoms with Crippen molar-refractivity contribution in [3.63, 3.8) is 0 Å². The average Bonchev–Trinajstić information content (AvgIpc) is 2.98. The Kier molecular flexibility index (Phi) is 6.84. The van der Waals surface area contributed by atoms with Gasteiger partial charge in [-0.15, -0.1) is 12.4 Å². The zero-order chi connectivity index (χ0) is 14.5. The first-order valence-corrected chi connectivity index (χ1v) is 6.92. The molecule has 0 spiro atoms. The number of nitrogens with zero attached hydrogens (tertiary/aromatic N) is 4. The van der Waals surface area contributed by atoms with Crippen molar-refractivity contribution < 1.29 is 4.39 Å². The SMILES string of the molecule is Cc1c(CNCc2cnn(CCF)c2)cnn1C(C)C.Cl. The van der Waals surface area contributed by atoms with E-state index < -0.39 is 0 Å². The molecule has 1 N–H and O–H groups in total. The number of nitrogens with one attached hydrogen (secondary N) is 1. The summed E-state index contributed by atoms with van der Waals surface area (Å²) in [4.78, 5) is 0. The lowest BCUT2D eigenvalue weighted by Crippen LogP contribution is -2.13. The molecule has 118 valence electrons. The van der Waals surface area contributed by atoms with Crippen LogP contribution in [0.1, 0.15) is 36.7 Å². The molecule has 0 saturated carbocycles. The van der Waals surface area contributed by atoms with Gasteiger partial charge in [0, 0.05) is 42.1 Å². The average molecular weight is 316 g/mol. The molecule has 2 rings (SSSR count). The minimum Gasteiger partial charge on any atom is -0.308 e. The van der Waals surface area contributed by atoms with Crippen molar-refractivity contribution in [2.75, 3.05) is 6.67 Å². The molecule has 0 bridgehead atoms. The predicted molar refractivity (Wildman–Crippen MR) is 83.3 cm³/mol. The van der Waals surface area contributed by atoms with E-state index in [1.165, 1.54) is 11.3 Å². The van der Waals surface area contributed by atoms with Crippen LogP contribution in [0.2, 0.25) is 0 Å². The van der Waals surface area contributed by atoms with Gasteiger partial charge in [-0.1, -0.05) is 0 Å². The maximum Gasteiger partial charge on any atom is 0.109 e.